The summed E-state index contributed by atoms with van der Waals surface area (Å²) in [5, 5.41) is 4.20. The van der Waals surface area contributed by atoms with Crippen LogP contribution in [0.4, 0.5) is 5.69 Å². The molecule has 2 N–H and O–H groups in total. The molecule has 1 unspecified atom stereocenters. The molecular formula is C15H19N5O. The third kappa shape index (κ3) is 2.89. The number of hydrogen-bond donors (Lipinski definition) is 1. The summed E-state index contributed by atoms with van der Waals surface area (Å²) >= 11 is 0. The lowest BCUT2D eigenvalue weighted by Gasteiger charge is -2.23. The monoisotopic (exact) mass is 285 g/mol. The highest BCUT2D eigenvalue weighted by molar-refractivity contribution is 5.79. The zero-order valence-corrected chi connectivity index (χ0v) is 12.1. The number of aryl methyl sites for hydroxylation is 1. The number of aromatic nitrogens is 3. The summed E-state index contributed by atoms with van der Waals surface area (Å²) in [5.74, 6) is 0.110. The molecule has 3 heterocycles. The summed E-state index contributed by atoms with van der Waals surface area (Å²) in [6.45, 7) is 0.799. The van der Waals surface area contributed by atoms with E-state index in [4.69, 9.17) is 5.73 Å². The molecule has 2 aromatic heterocycles. The summed E-state index contributed by atoms with van der Waals surface area (Å²) in [7, 11) is 1.89. The van der Waals surface area contributed by atoms with Gasteiger partial charge in [-0.3, -0.25) is 14.5 Å². The van der Waals surface area contributed by atoms with Crippen molar-refractivity contribution in [2.45, 2.75) is 25.3 Å². The lowest BCUT2D eigenvalue weighted by molar-refractivity contribution is -0.131. The molecule has 6 nitrogen and oxygen atoms in total. The van der Waals surface area contributed by atoms with E-state index >= 15 is 0 Å². The Morgan fingerprint density at radius 2 is 2.29 bits per heavy atom. The summed E-state index contributed by atoms with van der Waals surface area (Å²) in [6.07, 6.45) is 7.75. The third-order valence-corrected chi connectivity index (χ3v) is 3.86. The Labute approximate surface area is 123 Å². The highest BCUT2D eigenvalue weighted by Crippen LogP contribution is 2.31. The molecule has 0 radical (unpaired) electrons. The van der Waals surface area contributed by atoms with Crippen molar-refractivity contribution < 1.29 is 4.79 Å². The van der Waals surface area contributed by atoms with Crippen molar-refractivity contribution in [2.24, 2.45) is 7.05 Å². The van der Waals surface area contributed by atoms with Gasteiger partial charge in [0.15, 0.2) is 0 Å². The van der Waals surface area contributed by atoms with Gasteiger partial charge in [-0.15, -0.1) is 0 Å². The molecular weight excluding hydrogens is 266 g/mol. The Balaban J connectivity index is 1.72. The van der Waals surface area contributed by atoms with Crippen molar-refractivity contribution in [1.82, 2.24) is 19.7 Å². The number of nitrogens with zero attached hydrogens (tertiary/aromatic N) is 4. The molecule has 110 valence electrons. The molecule has 1 aliphatic heterocycles. The van der Waals surface area contributed by atoms with Gasteiger partial charge in [0.2, 0.25) is 5.91 Å². The predicted octanol–water partition coefficient (Wildman–Crippen LogP) is 1.30. The van der Waals surface area contributed by atoms with Crippen molar-refractivity contribution >= 4 is 11.6 Å². The summed E-state index contributed by atoms with van der Waals surface area (Å²) < 4.78 is 1.78. The number of rotatable bonds is 3. The molecule has 1 amide bonds. The second-order valence-electron chi connectivity index (χ2n) is 5.45. The first-order valence-electron chi connectivity index (χ1n) is 7.12. The van der Waals surface area contributed by atoms with Gasteiger partial charge >= 0.3 is 0 Å². The summed E-state index contributed by atoms with van der Waals surface area (Å²) in [4.78, 5) is 18.7. The summed E-state index contributed by atoms with van der Waals surface area (Å²) in [5.41, 5.74) is 8.09. The molecule has 3 rings (SSSR count). The molecule has 2 aromatic rings. The van der Waals surface area contributed by atoms with E-state index in [1.54, 1.807) is 16.9 Å². The quantitative estimate of drug-likeness (QED) is 0.922. The van der Waals surface area contributed by atoms with Crippen LogP contribution in [0.1, 0.15) is 30.1 Å². The number of hydrogen-bond acceptors (Lipinski definition) is 4. The van der Waals surface area contributed by atoms with Crippen LogP contribution < -0.4 is 5.73 Å². The first-order valence-corrected chi connectivity index (χ1v) is 7.12. The largest absolute Gasteiger partial charge is 0.397 e. The maximum absolute atomic E-state index is 12.5. The third-order valence-electron chi connectivity index (χ3n) is 3.86. The second kappa shape index (κ2) is 5.55. The molecule has 0 bridgehead atoms. The van der Waals surface area contributed by atoms with Gasteiger partial charge in [-0.05, 0) is 25.0 Å². The number of carbonyl (C=O) groups is 1. The molecule has 21 heavy (non-hydrogen) atoms. The second-order valence-corrected chi connectivity index (χ2v) is 5.45. The highest BCUT2D eigenvalue weighted by atomic mass is 16.2. The Morgan fingerprint density at radius 1 is 1.43 bits per heavy atom. The van der Waals surface area contributed by atoms with Crippen LogP contribution in [-0.4, -0.2) is 32.1 Å². The lowest BCUT2D eigenvalue weighted by Crippen LogP contribution is -2.31. The topological polar surface area (TPSA) is 77.0 Å². The number of nitrogen functional groups attached to an aromatic ring is 1. The summed E-state index contributed by atoms with van der Waals surface area (Å²) in [6, 6.07) is 3.72. The van der Waals surface area contributed by atoms with Gasteiger partial charge in [-0.1, -0.05) is 0 Å². The van der Waals surface area contributed by atoms with Gasteiger partial charge in [0.1, 0.15) is 0 Å². The minimum absolute atomic E-state index is 0.110. The van der Waals surface area contributed by atoms with E-state index in [0.717, 1.165) is 30.6 Å². The van der Waals surface area contributed by atoms with Gasteiger partial charge < -0.3 is 10.6 Å². The number of pyridine rings is 1. The average Bonchev–Trinajstić information content (AvgIpc) is 3.09. The van der Waals surface area contributed by atoms with Crippen LogP contribution in [0.2, 0.25) is 0 Å². The van der Waals surface area contributed by atoms with Crippen LogP contribution in [0.15, 0.2) is 30.7 Å². The molecule has 1 aliphatic rings. The highest BCUT2D eigenvalue weighted by Gasteiger charge is 2.30. The van der Waals surface area contributed by atoms with Gasteiger partial charge in [0.25, 0.3) is 0 Å². The van der Waals surface area contributed by atoms with Gasteiger partial charge in [0, 0.05) is 31.0 Å². The van der Waals surface area contributed by atoms with Gasteiger partial charge in [-0.2, -0.15) is 5.10 Å². The average molecular weight is 285 g/mol. The van der Waals surface area contributed by atoms with Gasteiger partial charge in [0.05, 0.1) is 30.5 Å². The van der Waals surface area contributed by atoms with Crippen molar-refractivity contribution in [1.29, 1.82) is 0 Å². The normalized spacial score (nSPS) is 18.1. The van der Waals surface area contributed by atoms with E-state index in [1.807, 2.05) is 30.4 Å². The van der Waals surface area contributed by atoms with Crippen LogP contribution in [0.25, 0.3) is 0 Å². The van der Waals surface area contributed by atoms with E-state index in [9.17, 15) is 4.79 Å². The zero-order valence-electron chi connectivity index (χ0n) is 12.1. The SMILES string of the molecule is Cn1cc(C2CCCN2C(=O)Cc2ccc(N)cn2)cn1. The first kappa shape index (κ1) is 13.6. The smallest absolute Gasteiger partial charge is 0.229 e. The molecule has 1 atom stereocenters. The minimum atomic E-state index is 0.110. The lowest BCUT2D eigenvalue weighted by atomic mass is 10.1. The molecule has 0 spiro atoms. The van der Waals surface area contributed by atoms with Crippen LogP contribution in [0.5, 0.6) is 0 Å². The minimum Gasteiger partial charge on any atom is -0.397 e. The van der Waals surface area contributed by atoms with Crippen molar-refractivity contribution in [3.05, 3.63) is 42.0 Å². The predicted molar refractivity (Wildman–Crippen MR) is 79.2 cm³/mol. The fourth-order valence-electron chi connectivity index (χ4n) is 2.82. The van der Waals surface area contributed by atoms with E-state index in [0.29, 0.717) is 12.1 Å². The fourth-order valence-corrected chi connectivity index (χ4v) is 2.82. The Kier molecular flexibility index (Phi) is 3.60. The Bertz CT molecular complexity index is 634. The Morgan fingerprint density at radius 3 is 2.95 bits per heavy atom. The maximum atomic E-state index is 12.5. The molecule has 1 saturated heterocycles. The molecule has 1 fully saturated rings. The maximum Gasteiger partial charge on any atom is 0.229 e. The molecule has 0 aromatic carbocycles. The molecule has 6 heteroatoms. The van der Waals surface area contributed by atoms with Crippen LogP contribution in [0.3, 0.4) is 0 Å². The van der Waals surface area contributed by atoms with Crippen molar-refractivity contribution in [3.8, 4) is 0 Å². The number of anilines is 1. The molecule has 0 saturated carbocycles. The van der Waals surface area contributed by atoms with Crippen LogP contribution in [-0.2, 0) is 18.3 Å². The van der Waals surface area contributed by atoms with E-state index in [1.165, 1.54) is 0 Å². The standard InChI is InChI=1S/C15H19N5O/c1-19-10-11(8-18-19)14-3-2-6-20(14)15(21)7-13-5-4-12(16)9-17-13/h4-5,8-10,14H,2-3,6-7,16H2,1H3. The zero-order chi connectivity index (χ0) is 14.8. The Hall–Kier alpha value is -2.37. The fraction of sp³-hybridized carbons (Fsp3) is 0.400. The van der Waals surface area contributed by atoms with Crippen LogP contribution >= 0.6 is 0 Å². The van der Waals surface area contributed by atoms with E-state index < -0.39 is 0 Å². The number of nitrogens with two attached hydrogens (primary N) is 1. The number of likely N-dealkylation sites (tertiary alicyclic amines) is 1. The van der Waals surface area contributed by atoms with Crippen molar-refractivity contribution in [2.75, 3.05) is 12.3 Å². The van der Waals surface area contributed by atoms with E-state index in [-0.39, 0.29) is 11.9 Å². The van der Waals surface area contributed by atoms with Crippen molar-refractivity contribution in [3.63, 3.8) is 0 Å². The number of carbonyl (C=O) groups excluding carboxylic acids is 1. The number of amides is 1. The van der Waals surface area contributed by atoms with Crippen LogP contribution in [0, 0.1) is 0 Å². The first-order chi connectivity index (χ1) is 10.1. The molecule has 0 aliphatic carbocycles. The van der Waals surface area contributed by atoms with E-state index in [2.05, 4.69) is 10.1 Å². The van der Waals surface area contributed by atoms with Gasteiger partial charge in [-0.25, -0.2) is 0 Å².